The molecule has 1 heterocycles. The zero-order chi connectivity index (χ0) is 10.8. The van der Waals surface area contributed by atoms with E-state index in [1.807, 2.05) is 23.6 Å². The van der Waals surface area contributed by atoms with Gasteiger partial charge in [0.05, 0.1) is 12.8 Å². The molecule has 0 saturated heterocycles. The van der Waals surface area contributed by atoms with Gasteiger partial charge in [0, 0.05) is 14.5 Å². The lowest BCUT2D eigenvalue weighted by atomic mass is 10.1. The number of hydrogen-bond donors (Lipinski definition) is 1. The van der Waals surface area contributed by atoms with Crippen LogP contribution in [0.25, 0.3) is 11.3 Å². The second-order valence-corrected chi connectivity index (χ2v) is 5.05. The molecule has 1 aromatic heterocycles. The van der Waals surface area contributed by atoms with Gasteiger partial charge in [-0.15, -0.1) is 11.3 Å². The third kappa shape index (κ3) is 2.23. The highest BCUT2D eigenvalue weighted by molar-refractivity contribution is 14.1. The molecule has 0 fully saturated rings. The van der Waals surface area contributed by atoms with Crippen molar-refractivity contribution < 1.29 is 4.74 Å². The average Bonchev–Trinajstić information content (AvgIpc) is 2.65. The SMILES string of the molecule is COc1ccc(I)cc1-c1csc(N)n1. The van der Waals surface area contributed by atoms with E-state index < -0.39 is 0 Å². The van der Waals surface area contributed by atoms with Crippen molar-refractivity contribution in [2.45, 2.75) is 0 Å². The molecule has 0 aliphatic carbocycles. The van der Waals surface area contributed by atoms with Gasteiger partial charge in [-0.3, -0.25) is 0 Å². The van der Waals surface area contributed by atoms with Crippen LogP contribution in [0, 0.1) is 3.57 Å². The summed E-state index contributed by atoms with van der Waals surface area (Å²) in [6.45, 7) is 0. The maximum Gasteiger partial charge on any atom is 0.180 e. The average molecular weight is 332 g/mol. The second-order valence-electron chi connectivity index (χ2n) is 2.92. The Morgan fingerprint density at radius 2 is 2.27 bits per heavy atom. The van der Waals surface area contributed by atoms with E-state index in [9.17, 15) is 0 Å². The Morgan fingerprint density at radius 1 is 1.47 bits per heavy atom. The maximum atomic E-state index is 5.61. The zero-order valence-corrected chi connectivity index (χ0v) is 11.0. The van der Waals surface area contributed by atoms with Crippen molar-refractivity contribution in [2.75, 3.05) is 12.8 Å². The van der Waals surface area contributed by atoms with E-state index in [0.29, 0.717) is 5.13 Å². The second kappa shape index (κ2) is 4.36. The minimum absolute atomic E-state index is 0.575. The zero-order valence-electron chi connectivity index (χ0n) is 8.03. The molecule has 3 nitrogen and oxygen atoms in total. The molecule has 78 valence electrons. The molecule has 2 aromatic rings. The first-order chi connectivity index (χ1) is 7.20. The van der Waals surface area contributed by atoms with E-state index in [-0.39, 0.29) is 0 Å². The molecule has 0 spiro atoms. The number of nitrogens with two attached hydrogens (primary N) is 1. The third-order valence-electron chi connectivity index (χ3n) is 1.96. The normalized spacial score (nSPS) is 10.3. The molecule has 0 bridgehead atoms. The number of hydrogen-bond acceptors (Lipinski definition) is 4. The lowest BCUT2D eigenvalue weighted by molar-refractivity contribution is 0.416. The standard InChI is InChI=1S/C10H9IN2OS/c1-14-9-3-2-6(11)4-7(9)8-5-15-10(12)13-8/h2-5H,1H3,(H2,12,13). The van der Waals surface area contributed by atoms with Crippen molar-refractivity contribution in [2.24, 2.45) is 0 Å². The third-order valence-corrected chi connectivity index (χ3v) is 3.30. The van der Waals surface area contributed by atoms with Crippen molar-refractivity contribution in [3.8, 4) is 17.0 Å². The number of halogens is 1. The number of methoxy groups -OCH3 is 1. The van der Waals surface area contributed by atoms with Crippen LogP contribution in [0.15, 0.2) is 23.6 Å². The Bertz CT molecular complexity index is 484. The number of aromatic nitrogens is 1. The van der Waals surface area contributed by atoms with Gasteiger partial charge < -0.3 is 10.5 Å². The number of anilines is 1. The molecule has 5 heteroatoms. The topological polar surface area (TPSA) is 48.1 Å². The Labute approximate surface area is 105 Å². The summed E-state index contributed by atoms with van der Waals surface area (Å²) in [6, 6.07) is 5.97. The van der Waals surface area contributed by atoms with Crippen molar-refractivity contribution in [1.29, 1.82) is 0 Å². The number of rotatable bonds is 2. The molecule has 0 radical (unpaired) electrons. The van der Waals surface area contributed by atoms with Crippen LogP contribution in [0.2, 0.25) is 0 Å². The predicted octanol–water partition coefficient (Wildman–Crippen LogP) is 3.01. The van der Waals surface area contributed by atoms with Gasteiger partial charge in [-0.25, -0.2) is 4.98 Å². The molecule has 2 N–H and O–H groups in total. The van der Waals surface area contributed by atoms with Gasteiger partial charge in [0.2, 0.25) is 0 Å². The minimum atomic E-state index is 0.575. The van der Waals surface area contributed by atoms with Crippen molar-refractivity contribution >= 4 is 39.1 Å². The van der Waals surface area contributed by atoms with E-state index >= 15 is 0 Å². The largest absolute Gasteiger partial charge is 0.496 e. The first-order valence-electron chi connectivity index (χ1n) is 4.25. The van der Waals surface area contributed by atoms with Crippen molar-refractivity contribution in [1.82, 2.24) is 4.98 Å². The summed E-state index contributed by atoms with van der Waals surface area (Å²) in [4.78, 5) is 4.24. The number of nitrogen functional groups attached to an aromatic ring is 1. The fourth-order valence-corrected chi connectivity index (χ4v) is 2.35. The quantitative estimate of drug-likeness (QED) is 0.860. The lowest BCUT2D eigenvalue weighted by Crippen LogP contribution is -1.89. The first-order valence-corrected chi connectivity index (χ1v) is 6.21. The predicted molar refractivity (Wildman–Crippen MR) is 71.2 cm³/mol. The molecule has 0 atom stereocenters. The summed E-state index contributed by atoms with van der Waals surface area (Å²) in [5.41, 5.74) is 7.46. The van der Waals surface area contributed by atoms with Crippen LogP contribution in [0.5, 0.6) is 5.75 Å². The number of ether oxygens (including phenoxy) is 1. The number of nitrogens with zero attached hydrogens (tertiary/aromatic N) is 1. The summed E-state index contributed by atoms with van der Waals surface area (Å²) in [5, 5.41) is 2.51. The van der Waals surface area contributed by atoms with Gasteiger partial charge in [0.1, 0.15) is 5.75 Å². The van der Waals surface area contributed by atoms with E-state index in [1.165, 1.54) is 11.3 Å². The first kappa shape index (κ1) is 10.7. The van der Waals surface area contributed by atoms with Crippen LogP contribution in [-0.2, 0) is 0 Å². The van der Waals surface area contributed by atoms with Gasteiger partial charge in [-0.05, 0) is 40.8 Å². The Hall–Kier alpha value is -0.820. The summed E-state index contributed by atoms with van der Waals surface area (Å²) in [7, 11) is 1.65. The number of benzene rings is 1. The van der Waals surface area contributed by atoms with Crippen LogP contribution in [0.3, 0.4) is 0 Å². The Balaban J connectivity index is 2.55. The lowest BCUT2D eigenvalue weighted by Gasteiger charge is -2.06. The van der Waals surface area contributed by atoms with E-state index in [4.69, 9.17) is 10.5 Å². The molecular formula is C10H9IN2OS. The maximum absolute atomic E-state index is 5.61. The molecule has 2 rings (SSSR count). The molecule has 0 saturated carbocycles. The van der Waals surface area contributed by atoms with Crippen LogP contribution in [0.1, 0.15) is 0 Å². The molecule has 0 aliphatic rings. The van der Waals surface area contributed by atoms with Gasteiger partial charge in [-0.1, -0.05) is 0 Å². The summed E-state index contributed by atoms with van der Waals surface area (Å²) >= 11 is 3.69. The molecule has 0 amide bonds. The molecular weight excluding hydrogens is 323 g/mol. The van der Waals surface area contributed by atoms with Gasteiger partial charge in [0.25, 0.3) is 0 Å². The van der Waals surface area contributed by atoms with Gasteiger partial charge >= 0.3 is 0 Å². The molecule has 1 aromatic carbocycles. The van der Waals surface area contributed by atoms with Crippen molar-refractivity contribution in [3.63, 3.8) is 0 Å². The summed E-state index contributed by atoms with van der Waals surface area (Å²) in [5.74, 6) is 0.820. The Morgan fingerprint density at radius 3 is 2.87 bits per heavy atom. The summed E-state index contributed by atoms with van der Waals surface area (Å²) in [6.07, 6.45) is 0. The van der Waals surface area contributed by atoms with E-state index in [0.717, 1.165) is 20.6 Å². The highest BCUT2D eigenvalue weighted by Gasteiger charge is 2.09. The molecule has 15 heavy (non-hydrogen) atoms. The smallest absolute Gasteiger partial charge is 0.180 e. The monoisotopic (exact) mass is 332 g/mol. The minimum Gasteiger partial charge on any atom is -0.496 e. The fraction of sp³-hybridized carbons (Fsp3) is 0.100. The van der Waals surface area contributed by atoms with Gasteiger partial charge in [-0.2, -0.15) is 0 Å². The molecule has 0 aliphatic heterocycles. The Kier molecular flexibility index (Phi) is 3.11. The van der Waals surface area contributed by atoms with E-state index in [1.54, 1.807) is 7.11 Å². The highest BCUT2D eigenvalue weighted by atomic mass is 127. The van der Waals surface area contributed by atoms with Crippen LogP contribution < -0.4 is 10.5 Å². The van der Waals surface area contributed by atoms with E-state index in [2.05, 4.69) is 27.6 Å². The highest BCUT2D eigenvalue weighted by Crippen LogP contribution is 2.32. The number of thiazole rings is 1. The van der Waals surface area contributed by atoms with Crippen LogP contribution in [0.4, 0.5) is 5.13 Å². The van der Waals surface area contributed by atoms with Crippen LogP contribution >= 0.6 is 33.9 Å². The summed E-state index contributed by atoms with van der Waals surface area (Å²) < 4.78 is 6.43. The van der Waals surface area contributed by atoms with Crippen molar-refractivity contribution in [3.05, 3.63) is 27.1 Å². The molecule has 0 unspecified atom stereocenters. The van der Waals surface area contributed by atoms with Crippen LogP contribution in [-0.4, -0.2) is 12.1 Å². The fourth-order valence-electron chi connectivity index (χ4n) is 1.29. The van der Waals surface area contributed by atoms with Gasteiger partial charge in [0.15, 0.2) is 5.13 Å².